The van der Waals surface area contributed by atoms with Crippen molar-refractivity contribution in [2.24, 2.45) is 0 Å². The summed E-state index contributed by atoms with van der Waals surface area (Å²) in [6, 6.07) is 15.8. The average molecular weight is 381 g/mol. The quantitative estimate of drug-likeness (QED) is 0.784. The fourth-order valence-corrected chi connectivity index (χ4v) is 3.49. The Morgan fingerprint density at radius 2 is 1.81 bits per heavy atom. The zero-order valence-electron chi connectivity index (χ0n) is 16.1. The summed E-state index contributed by atoms with van der Waals surface area (Å²) in [5.74, 6) is 0.835. The summed E-state index contributed by atoms with van der Waals surface area (Å²) >= 11 is 5.40. The Bertz CT molecular complexity index is 903. The molecule has 0 saturated carbocycles. The van der Waals surface area contributed by atoms with E-state index < -0.39 is 0 Å². The minimum atomic E-state index is -0.239. The first-order valence-corrected chi connectivity index (χ1v) is 9.32. The molecule has 0 fully saturated rings. The fraction of sp³-hybridized carbons (Fsp3) is 0.273. The van der Waals surface area contributed by atoms with Gasteiger partial charge < -0.3 is 15.0 Å². The fourth-order valence-electron chi connectivity index (χ4n) is 3.23. The highest BCUT2D eigenvalue weighted by atomic mass is 32.1. The third kappa shape index (κ3) is 4.03. The van der Waals surface area contributed by atoms with Gasteiger partial charge in [-0.25, -0.2) is 0 Å². The minimum absolute atomic E-state index is 0.0410. The number of Topliss-reactive ketones (excluding diaryl/α,β-unsaturated/α-hetero) is 1. The van der Waals surface area contributed by atoms with E-state index in [1.165, 1.54) is 11.1 Å². The highest BCUT2D eigenvalue weighted by Crippen LogP contribution is 2.31. The van der Waals surface area contributed by atoms with E-state index in [1.54, 1.807) is 6.92 Å². The minimum Gasteiger partial charge on any atom is -0.489 e. The lowest BCUT2D eigenvalue weighted by Gasteiger charge is -2.35. The molecule has 0 saturated heterocycles. The van der Waals surface area contributed by atoms with E-state index in [9.17, 15) is 4.79 Å². The van der Waals surface area contributed by atoms with E-state index in [1.807, 2.05) is 55.3 Å². The van der Waals surface area contributed by atoms with Gasteiger partial charge in [-0.2, -0.15) is 0 Å². The van der Waals surface area contributed by atoms with Crippen LogP contribution in [0.3, 0.4) is 0 Å². The van der Waals surface area contributed by atoms with Crippen LogP contribution >= 0.6 is 12.2 Å². The topological polar surface area (TPSA) is 41.6 Å². The molecule has 0 bridgehead atoms. The Balaban J connectivity index is 1.79. The number of nitrogens with one attached hydrogen (secondary N) is 1. The molecule has 0 aliphatic carbocycles. The Kier molecular flexibility index (Phi) is 5.61. The molecular formula is C22H24N2O2S. The van der Waals surface area contributed by atoms with Crippen LogP contribution in [0, 0.1) is 6.92 Å². The van der Waals surface area contributed by atoms with Crippen LogP contribution in [0.25, 0.3) is 0 Å². The van der Waals surface area contributed by atoms with Crippen molar-refractivity contribution in [3.8, 4) is 5.75 Å². The van der Waals surface area contributed by atoms with Gasteiger partial charge in [-0.05, 0) is 61.8 Å². The molecule has 1 aliphatic heterocycles. The maximum Gasteiger partial charge on any atom is 0.173 e. The van der Waals surface area contributed by atoms with E-state index >= 15 is 0 Å². The standard InChI is InChI=1S/C22H24N2O2S/c1-14-7-5-6-8-18(14)13-26-19-11-9-17(10-12-19)21-20(16(3)25)15(2)24(4)22(27)23-21/h5-12,21H,13H2,1-4H3,(H,23,27). The molecule has 1 aliphatic rings. The number of ketones is 1. The first-order valence-electron chi connectivity index (χ1n) is 8.91. The van der Waals surface area contributed by atoms with Gasteiger partial charge in [0, 0.05) is 18.3 Å². The molecule has 3 rings (SSSR count). The number of carbonyl (C=O) groups excluding carboxylic acids is 1. The molecule has 140 valence electrons. The molecule has 5 heteroatoms. The van der Waals surface area contributed by atoms with Gasteiger partial charge >= 0.3 is 0 Å². The van der Waals surface area contributed by atoms with Crippen molar-refractivity contribution in [3.63, 3.8) is 0 Å². The summed E-state index contributed by atoms with van der Waals surface area (Å²) < 4.78 is 5.92. The lowest BCUT2D eigenvalue weighted by molar-refractivity contribution is -0.114. The molecule has 27 heavy (non-hydrogen) atoms. The second-order valence-corrected chi connectivity index (χ2v) is 7.17. The summed E-state index contributed by atoms with van der Waals surface area (Å²) in [6.07, 6.45) is 0. The van der Waals surface area contributed by atoms with Gasteiger partial charge in [-0.15, -0.1) is 0 Å². The van der Waals surface area contributed by atoms with Crippen LogP contribution < -0.4 is 10.1 Å². The number of nitrogens with zero attached hydrogens (tertiary/aromatic N) is 1. The van der Waals surface area contributed by atoms with Gasteiger partial charge in [0.2, 0.25) is 0 Å². The molecule has 1 heterocycles. The molecule has 4 nitrogen and oxygen atoms in total. The third-order valence-electron chi connectivity index (χ3n) is 5.00. The molecular weight excluding hydrogens is 356 g/mol. The number of hydrogen-bond donors (Lipinski definition) is 1. The smallest absolute Gasteiger partial charge is 0.173 e. The largest absolute Gasteiger partial charge is 0.489 e. The number of hydrogen-bond acceptors (Lipinski definition) is 3. The molecule has 2 aromatic carbocycles. The van der Waals surface area contributed by atoms with Crippen LogP contribution in [-0.4, -0.2) is 22.8 Å². The molecule has 1 unspecified atom stereocenters. The number of benzene rings is 2. The number of ether oxygens (including phenoxy) is 1. The van der Waals surface area contributed by atoms with E-state index in [0.29, 0.717) is 11.7 Å². The zero-order chi connectivity index (χ0) is 19.6. The molecule has 0 aromatic heterocycles. The first kappa shape index (κ1) is 19.1. The van der Waals surface area contributed by atoms with Crippen molar-refractivity contribution >= 4 is 23.1 Å². The zero-order valence-corrected chi connectivity index (χ0v) is 16.9. The maximum absolute atomic E-state index is 12.2. The average Bonchev–Trinajstić information content (AvgIpc) is 2.65. The second-order valence-electron chi connectivity index (χ2n) is 6.78. The van der Waals surface area contributed by atoms with Crippen LogP contribution in [-0.2, 0) is 11.4 Å². The molecule has 2 aromatic rings. The summed E-state index contributed by atoms with van der Waals surface area (Å²) in [4.78, 5) is 14.0. The van der Waals surface area contributed by atoms with E-state index in [4.69, 9.17) is 17.0 Å². The van der Waals surface area contributed by atoms with Gasteiger partial charge in [0.05, 0.1) is 6.04 Å². The number of aryl methyl sites for hydroxylation is 1. The van der Waals surface area contributed by atoms with Crippen LogP contribution in [0.1, 0.15) is 36.6 Å². The molecule has 0 radical (unpaired) electrons. The van der Waals surface area contributed by atoms with Crippen molar-refractivity contribution in [1.29, 1.82) is 0 Å². The van der Waals surface area contributed by atoms with Crippen LogP contribution in [0.15, 0.2) is 59.8 Å². The highest BCUT2D eigenvalue weighted by Gasteiger charge is 2.30. The first-order chi connectivity index (χ1) is 12.9. The van der Waals surface area contributed by atoms with Crippen molar-refractivity contribution in [2.75, 3.05) is 7.05 Å². The van der Waals surface area contributed by atoms with Gasteiger partial charge in [0.25, 0.3) is 0 Å². The molecule has 0 spiro atoms. The summed E-state index contributed by atoms with van der Waals surface area (Å²) in [7, 11) is 1.87. The molecule has 1 N–H and O–H groups in total. The highest BCUT2D eigenvalue weighted by molar-refractivity contribution is 7.80. The van der Waals surface area contributed by atoms with E-state index in [-0.39, 0.29) is 11.8 Å². The molecule has 0 amide bonds. The van der Waals surface area contributed by atoms with Crippen molar-refractivity contribution in [3.05, 3.63) is 76.5 Å². The van der Waals surface area contributed by atoms with Crippen LogP contribution in [0.4, 0.5) is 0 Å². The van der Waals surface area contributed by atoms with E-state index in [0.717, 1.165) is 22.6 Å². The monoisotopic (exact) mass is 380 g/mol. The van der Waals surface area contributed by atoms with Crippen molar-refractivity contribution < 1.29 is 9.53 Å². The van der Waals surface area contributed by atoms with Crippen molar-refractivity contribution in [2.45, 2.75) is 33.4 Å². The Morgan fingerprint density at radius 1 is 1.15 bits per heavy atom. The Morgan fingerprint density at radius 3 is 2.44 bits per heavy atom. The lowest BCUT2D eigenvalue weighted by Crippen LogP contribution is -2.45. The maximum atomic E-state index is 12.2. The summed E-state index contributed by atoms with van der Waals surface area (Å²) in [6.45, 7) is 6.13. The van der Waals surface area contributed by atoms with Gasteiger partial charge in [0.15, 0.2) is 10.9 Å². The third-order valence-corrected chi connectivity index (χ3v) is 5.39. The van der Waals surface area contributed by atoms with Crippen LogP contribution in [0.2, 0.25) is 0 Å². The number of carbonyl (C=O) groups is 1. The van der Waals surface area contributed by atoms with Gasteiger partial charge in [0.1, 0.15) is 12.4 Å². The van der Waals surface area contributed by atoms with Crippen molar-refractivity contribution in [1.82, 2.24) is 10.2 Å². The Hall–Kier alpha value is -2.66. The normalized spacial score (nSPS) is 17.0. The predicted molar refractivity (Wildman–Crippen MR) is 112 cm³/mol. The SMILES string of the molecule is CC(=O)C1=C(C)N(C)C(=S)NC1c1ccc(OCc2ccccc2C)cc1. The number of rotatable bonds is 5. The van der Waals surface area contributed by atoms with E-state index in [2.05, 4.69) is 24.4 Å². The summed E-state index contributed by atoms with van der Waals surface area (Å²) in [5, 5.41) is 3.88. The summed E-state index contributed by atoms with van der Waals surface area (Å²) in [5.41, 5.74) is 4.99. The number of thiocarbonyl (C=S) groups is 1. The lowest BCUT2D eigenvalue weighted by atomic mass is 9.92. The second kappa shape index (κ2) is 7.92. The van der Waals surface area contributed by atoms with Crippen LogP contribution in [0.5, 0.6) is 5.75 Å². The van der Waals surface area contributed by atoms with Gasteiger partial charge in [-0.1, -0.05) is 36.4 Å². The molecule has 1 atom stereocenters. The predicted octanol–water partition coefficient (Wildman–Crippen LogP) is 4.30. The Labute approximate surface area is 165 Å². The van der Waals surface area contributed by atoms with Gasteiger partial charge in [-0.3, -0.25) is 4.79 Å². The number of allylic oxidation sites excluding steroid dienone is 1.